The Balaban J connectivity index is 2.45. The third-order valence-electron chi connectivity index (χ3n) is 2.05. The van der Waals surface area contributed by atoms with Crippen molar-refractivity contribution >= 4 is 17.4 Å². The van der Waals surface area contributed by atoms with Crippen LogP contribution in [-0.2, 0) is 11.2 Å². The maximum absolute atomic E-state index is 11.0. The fourth-order valence-electron chi connectivity index (χ4n) is 1.38. The van der Waals surface area contributed by atoms with Gasteiger partial charge < -0.3 is 11.1 Å². The van der Waals surface area contributed by atoms with E-state index in [1.165, 1.54) is 0 Å². The molecule has 1 amide bonds. The first-order valence-electron chi connectivity index (χ1n) is 3.94. The van der Waals surface area contributed by atoms with Crippen molar-refractivity contribution in [2.45, 2.75) is 6.42 Å². The van der Waals surface area contributed by atoms with Crippen molar-refractivity contribution in [2.75, 3.05) is 5.32 Å². The zero-order valence-corrected chi connectivity index (χ0v) is 6.92. The molecule has 0 spiro atoms. The van der Waals surface area contributed by atoms with Crippen molar-refractivity contribution in [3.8, 4) is 0 Å². The lowest BCUT2D eigenvalue weighted by atomic mass is 10.1. The Morgan fingerprint density at radius 2 is 2.31 bits per heavy atom. The lowest BCUT2D eigenvalue weighted by molar-refractivity contribution is -0.115. The Kier molecular flexibility index (Phi) is 1.55. The number of carbonyl (C=O) groups excluding carboxylic acids is 1. The van der Waals surface area contributed by atoms with Crippen LogP contribution in [0.15, 0.2) is 18.2 Å². The third-order valence-corrected chi connectivity index (χ3v) is 2.05. The molecule has 0 aliphatic carbocycles. The Labute approximate surface area is 75.3 Å². The van der Waals surface area contributed by atoms with Gasteiger partial charge in [0.1, 0.15) is 5.84 Å². The van der Waals surface area contributed by atoms with E-state index in [1.54, 1.807) is 12.1 Å². The second kappa shape index (κ2) is 2.58. The second-order valence-electron chi connectivity index (χ2n) is 3.01. The predicted molar refractivity (Wildman–Crippen MR) is 49.8 cm³/mol. The monoisotopic (exact) mass is 175 g/mol. The van der Waals surface area contributed by atoms with Gasteiger partial charge in [0.15, 0.2) is 0 Å². The van der Waals surface area contributed by atoms with Crippen LogP contribution in [0.5, 0.6) is 0 Å². The van der Waals surface area contributed by atoms with Gasteiger partial charge in [-0.3, -0.25) is 10.2 Å². The standard InChI is InChI=1S/C9H9N3O/c10-9(11)6-2-1-5-4-8(13)12-7(5)3-6/h1-3H,4H2,(H3,10,11)(H,12,13). The van der Waals surface area contributed by atoms with E-state index in [1.807, 2.05) is 6.07 Å². The van der Waals surface area contributed by atoms with Gasteiger partial charge in [-0.2, -0.15) is 0 Å². The summed E-state index contributed by atoms with van der Waals surface area (Å²) in [7, 11) is 0. The largest absolute Gasteiger partial charge is 0.384 e. The second-order valence-corrected chi connectivity index (χ2v) is 3.01. The highest BCUT2D eigenvalue weighted by Crippen LogP contribution is 2.23. The maximum atomic E-state index is 11.0. The summed E-state index contributed by atoms with van der Waals surface area (Å²) in [4.78, 5) is 11.0. The minimum absolute atomic E-state index is 0.00398. The molecule has 4 N–H and O–H groups in total. The van der Waals surface area contributed by atoms with Gasteiger partial charge in [-0.25, -0.2) is 0 Å². The van der Waals surface area contributed by atoms with E-state index in [9.17, 15) is 4.79 Å². The molecule has 0 aromatic heterocycles. The molecular weight excluding hydrogens is 166 g/mol. The molecular formula is C9H9N3O. The first-order valence-corrected chi connectivity index (χ1v) is 3.94. The minimum Gasteiger partial charge on any atom is -0.384 e. The van der Waals surface area contributed by atoms with E-state index in [2.05, 4.69) is 5.32 Å². The Bertz CT molecular complexity index is 398. The van der Waals surface area contributed by atoms with Crippen LogP contribution in [0, 0.1) is 5.41 Å². The van der Waals surface area contributed by atoms with Gasteiger partial charge in [-0.05, 0) is 11.6 Å². The van der Waals surface area contributed by atoms with Gasteiger partial charge in [0.2, 0.25) is 5.91 Å². The predicted octanol–water partition coefficient (Wildman–Crippen LogP) is 0.465. The van der Waals surface area contributed by atoms with E-state index in [-0.39, 0.29) is 11.7 Å². The number of nitrogens with two attached hydrogens (primary N) is 1. The van der Waals surface area contributed by atoms with E-state index in [0.717, 1.165) is 11.3 Å². The van der Waals surface area contributed by atoms with Crippen molar-refractivity contribution in [1.82, 2.24) is 0 Å². The quantitative estimate of drug-likeness (QED) is 0.428. The number of nitrogens with one attached hydrogen (secondary N) is 2. The number of nitrogen functional groups attached to an aromatic ring is 1. The van der Waals surface area contributed by atoms with Crippen molar-refractivity contribution in [3.63, 3.8) is 0 Å². The molecule has 1 aliphatic heterocycles. The molecule has 13 heavy (non-hydrogen) atoms. The average Bonchev–Trinajstić information content (AvgIpc) is 2.42. The zero-order valence-electron chi connectivity index (χ0n) is 6.92. The van der Waals surface area contributed by atoms with Crippen molar-refractivity contribution in [3.05, 3.63) is 29.3 Å². The summed E-state index contributed by atoms with van der Waals surface area (Å²) in [5.74, 6) is 0.0136. The highest BCUT2D eigenvalue weighted by molar-refractivity contribution is 6.02. The molecule has 0 radical (unpaired) electrons. The van der Waals surface area contributed by atoms with Crippen LogP contribution < -0.4 is 11.1 Å². The van der Waals surface area contributed by atoms with Gasteiger partial charge in [0, 0.05) is 11.3 Å². The molecule has 4 nitrogen and oxygen atoms in total. The van der Waals surface area contributed by atoms with Gasteiger partial charge >= 0.3 is 0 Å². The number of fused-ring (bicyclic) bond motifs is 1. The number of anilines is 1. The van der Waals surface area contributed by atoms with Crippen LogP contribution in [0.4, 0.5) is 5.69 Å². The fraction of sp³-hybridized carbons (Fsp3) is 0.111. The molecule has 66 valence electrons. The molecule has 1 aliphatic rings. The highest BCUT2D eigenvalue weighted by atomic mass is 16.1. The van der Waals surface area contributed by atoms with E-state index >= 15 is 0 Å². The first kappa shape index (κ1) is 7.79. The number of benzene rings is 1. The molecule has 0 atom stereocenters. The average molecular weight is 175 g/mol. The normalized spacial score (nSPS) is 13.7. The van der Waals surface area contributed by atoms with Crippen LogP contribution >= 0.6 is 0 Å². The van der Waals surface area contributed by atoms with Crippen LogP contribution in [-0.4, -0.2) is 11.7 Å². The zero-order chi connectivity index (χ0) is 9.42. The number of hydrogen-bond acceptors (Lipinski definition) is 2. The van der Waals surface area contributed by atoms with Crippen molar-refractivity contribution in [2.24, 2.45) is 5.73 Å². The van der Waals surface area contributed by atoms with Gasteiger partial charge in [-0.15, -0.1) is 0 Å². The summed E-state index contributed by atoms with van der Waals surface area (Å²) in [5, 5.41) is 9.91. The molecule has 0 saturated carbocycles. The summed E-state index contributed by atoms with van der Waals surface area (Å²) < 4.78 is 0. The van der Waals surface area contributed by atoms with Gasteiger partial charge in [0.25, 0.3) is 0 Å². The Hall–Kier alpha value is -1.84. The molecule has 1 heterocycles. The molecule has 0 fully saturated rings. The van der Waals surface area contributed by atoms with Gasteiger partial charge in [0.05, 0.1) is 6.42 Å². The van der Waals surface area contributed by atoms with Gasteiger partial charge in [-0.1, -0.05) is 12.1 Å². The van der Waals surface area contributed by atoms with E-state index in [0.29, 0.717) is 12.0 Å². The third kappa shape index (κ3) is 1.26. The maximum Gasteiger partial charge on any atom is 0.228 e. The SMILES string of the molecule is N=C(N)c1ccc2c(c1)NC(=O)C2. The minimum atomic E-state index is -0.00398. The van der Waals surface area contributed by atoms with Crippen LogP contribution in [0.25, 0.3) is 0 Å². The summed E-state index contributed by atoms with van der Waals surface area (Å²) in [6.45, 7) is 0. The van der Waals surface area contributed by atoms with Crippen LogP contribution in [0.3, 0.4) is 0 Å². The molecule has 1 aromatic rings. The lowest BCUT2D eigenvalue weighted by Gasteiger charge is -2.01. The first-order chi connectivity index (χ1) is 6.16. The topological polar surface area (TPSA) is 79.0 Å². The Morgan fingerprint density at radius 3 is 3.00 bits per heavy atom. The molecule has 2 rings (SSSR count). The van der Waals surface area contributed by atoms with Crippen molar-refractivity contribution in [1.29, 1.82) is 5.41 Å². The number of hydrogen-bond donors (Lipinski definition) is 3. The highest BCUT2D eigenvalue weighted by Gasteiger charge is 2.17. The number of amidine groups is 1. The number of amides is 1. The Morgan fingerprint density at radius 1 is 1.54 bits per heavy atom. The molecule has 0 saturated heterocycles. The molecule has 1 aromatic carbocycles. The molecule has 0 unspecified atom stereocenters. The summed E-state index contributed by atoms with van der Waals surface area (Å²) in [6.07, 6.45) is 0.424. The fourth-order valence-corrected chi connectivity index (χ4v) is 1.38. The van der Waals surface area contributed by atoms with E-state index in [4.69, 9.17) is 11.1 Å². The number of carbonyl (C=O) groups is 1. The number of rotatable bonds is 1. The van der Waals surface area contributed by atoms with Crippen molar-refractivity contribution < 1.29 is 4.79 Å². The van der Waals surface area contributed by atoms with E-state index < -0.39 is 0 Å². The lowest BCUT2D eigenvalue weighted by Crippen LogP contribution is -2.11. The summed E-state index contributed by atoms with van der Waals surface area (Å²) >= 11 is 0. The molecule has 4 heteroatoms. The molecule has 0 bridgehead atoms. The van der Waals surface area contributed by atoms with Crippen LogP contribution in [0.2, 0.25) is 0 Å². The summed E-state index contributed by atoms with van der Waals surface area (Å²) in [6, 6.07) is 5.30. The summed E-state index contributed by atoms with van der Waals surface area (Å²) in [5.41, 5.74) is 7.70. The van der Waals surface area contributed by atoms with Crippen LogP contribution in [0.1, 0.15) is 11.1 Å². The smallest absolute Gasteiger partial charge is 0.228 e.